The van der Waals surface area contributed by atoms with E-state index in [2.05, 4.69) is 19.2 Å². The van der Waals surface area contributed by atoms with Crippen molar-refractivity contribution in [2.45, 2.75) is 52.0 Å². The van der Waals surface area contributed by atoms with E-state index in [0.717, 1.165) is 30.2 Å². The van der Waals surface area contributed by atoms with Gasteiger partial charge in [-0.15, -0.1) is 0 Å². The Balaban J connectivity index is 1.83. The predicted molar refractivity (Wildman–Crippen MR) is 88.9 cm³/mol. The first-order valence-corrected chi connectivity index (χ1v) is 8.44. The van der Waals surface area contributed by atoms with Crippen LogP contribution < -0.4 is 5.32 Å². The summed E-state index contributed by atoms with van der Waals surface area (Å²) < 4.78 is 0. The van der Waals surface area contributed by atoms with Crippen molar-refractivity contribution in [2.75, 3.05) is 0 Å². The van der Waals surface area contributed by atoms with Gasteiger partial charge in [0.15, 0.2) is 0 Å². The van der Waals surface area contributed by atoms with Crippen molar-refractivity contribution in [1.29, 1.82) is 0 Å². The van der Waals surface area contributed by atoms with Crippen LogP contribution in [0.2, 0.25) is 10.0 Å². The zero-order valence-corrected chi connectivity index (χ0v) is 14.2. The predicted octanol–water partition coefficient (Wildman–Crippen LogP) is 4.87. The molecule has 0 bridgehead atoms. The maximum Gasteiger partial charge on any atom is 0.224 e. The van der Waals surface area contributed by atoms with Crippen LogP contribution in [0.3, 0.4) is 0 Å². The average molecular weight is 328 g/mol. The molecule has 1 amide bonds. The Morgan fingerprint density at radius 1 is 1.24 bits per heavy atom. The summed E-state index contributed by atoms with van der Waals surface area (Å²) in [6, 6.07) is 5.59. The molecule has 1 N–H and O–H groups in total. The van der Waals surface area contributed by atoms with Crippen LogP contribution in [0.15, 0.2) is 18.2 Å². The van der Waals surface area contributed by atoms with Crippen molar-refractivity contribution >= 4 is 29.1 Å². The van der Waals surface area contributed by atoms with Crippen molar-refractivity contribution in [3.05, 3.63) is 33.8 Å². The molecule has 1 saturated carbocycles. The molecule has 1 aliphatic rings. The van der Waals surface area contributed by atoms with Gasteiger partial charge in [0.2, 0.25) is 5.91 Å². The van der Waals surface area contributed by atoms with Crippen molar-refractivity contribution in [2.24, 2.45) is 11.8 Å². The molecule has 2 nitrogen and oxygen atoms in total. The molecule has 2 rings (SSSR count). The number of halogens is 2. The van der Waals surface area contributed by atoms with Gasteiger partial charge in [0, 0.05) is 16.1 Å². The summed E-state index contributed by atoms with van der Waals surface area (Å²) >= 11 is 12.0. The Morgan fingerprint density at radius 3 is 2.48 bits per heavy atom. The van der Waals surface area contributed by atoms with Gasteiger partial charge in [-0.3, -0.25) is 4.79 Å². The maximum absolute atomic E-state index is 12.1. The number of hydrogen-bond acceptors (Lipinski definition) is 1. The van der Waals surface area contributed by atoms with Gasteiger partial charge in [-0.05, 0) is 55.2 Å². The van der Waals surface area contributed by atoms with Crippen LogP contribution in [-0.4, -0.2) is 11.9 Å². The van der Waals surface area contributed by atoms with Crippen LogP contribution in [0.5, 0.6) is 0 Å². The van der Waals surface area contributed by atoms with E-state index in [-0.39, 0.29) is 5.91 Å². The van der Waals surface area contributed by atoms with E-state index in [0.29, 0.717) is 22.5 Å². The Hall–Kier alpha value is -0.730. The van der Waals surface area contributed by atoms with Gasteiger partial charge in [0.05, 0.1) is 6.42 Å². The van der Waals surface area contributed by atoms with E-state index in [1.165, 1.54) is 12.8 Å². The molecule has 0 saturated heterocycles. The molecule has 4 heteroatoms. The van der Waals surface area contributed by atoms with Gasteiger partial charge in [-0.1, -0.05) is 43.1 Å². The van der Waals surface area contributed by atoms with Gasteiger partial charge in [-0.25, -0.2) is 0 Å². The molecule has 21 heavy (non-hydrogen) atoms. The molecule has 1 aromatic carbocycles. The smallest absolute Gasteiger partial charge is 0.224 e. The summed E-state index contributed by atoms with van der Waals surface area (Å²) in [4.78, 5) is 12.1. The Morgan fingerprint density at radius 2 is 1.90 bits per heavy atom. The van der Waals surface area contributed by atoms with Gasteiger partial charge < -0.3 is 5.32 Å². The lowest BCUT2D eigenvalue weighted by Gasteiger charge is -2.31. The Kier molecular flexibility index (Phi) is 5.95. The van der Waals surface area contributed by atoms with E-state index in [1.807, 2.05) is 6.07 Å². The van der Waals surface area contributed by atoms with Crippen molar-refractivity contribution in [1.82, 2.24) is 5.32 Å². The lowest BCUT2D eigenvalue weighted by molar-refractivity contribution is -0.121. The summed E-state index contributed by atoms with van der Waals surface area (Å²) in [5.74, 6) is 1.60. The first kappa shape index (κ1) is 16.6. The summed E-state index contributed by atoms with van der Waals surface area (Å²) in [6.07, 6.45) is 4.92. The lowest BCUT2D eigenvalue weighted by Crippen LogP contribution is -2.39. The maximum atomic E-state index is 12.1. The number of nitrogens with one attached hydrogen (secondary N) is 1. The number of carbonyl (C=O) groups excluding carboxylic acids is 1. The molecule has 0 spiro atoms. The van der Waals surface area contributed by atoms with E-state index in [4.69, 9.17) is 23.2 Å². The van der Waals surface area contributed by atoms with Gasteiger partial charge in [0.1, 0.15) is 0 Å². The second-order valence-corrected chi connectivity index (χ2v) is 7.18. The van der Waals surface area contributed by atoms with E-state index >= 15 is 0 Å². The first-order chi connectivity index (χ1) is 9.95. The zero-order valence-electron chi connectivity index (χ0n) is 12.7. The highest BCUT2D eigenvalue weighted by Crippen LogP contribution is 2.30. The molecule has 0 radical (unpaired) electrons. The second kappa shape index (κ2) is 7.51. The van der Waals surface area contributed by atoms with Gasteiger partial charge in [-0.2, -0.15) is 0 Å². The summed E-state index contributed by atoms with van der Waals surface area (Å²) in [5.41, 5.74) is 0.828. The molecule has 0 heterocycles. The molecular weight excluding hydrogens is 305 g/mol. The molecule has 0 aromatic heterocycles. The van der Waals surface area contributed by atoms with Crippen LogP contribution in [0.25, 0.3) is 0 Å². The van der Waals surface area contributed by atoms with Crippen molar-refractivity contribution < 1.29 is 4.79 Å². The average Bonchev–Trinajstić information content (AvgIpc) is 2.42. The summed E-state index contributed by atoms with van der Waals surface area (Å²) in [5, 5.41) is 4.29. The van der Waals surface area contributed by atoms with E-state index in [9.17, 15) is 4.79 Å². The van der Waals surface area contributed by atoms with Crippen LogP contribution in [0.4, 0.5) is 0 Å². The van der Waals surface area contributed by atoms with Crippen LogP contribution >= 0.6 is 23.2 Å². The minimum atomic E-state index is 0.0484. The number of amides is 1. The largest absolute Gasteiger partial charge is 0.353 e. The third kappa shape index (κ3) is 4.89. The molecule has 0 atom stereocenters. The molecule has 0 aliphatic heterocycles. The monoisotopic (exact) mass is 327 g/mol. The van der Waals surface area contributed by atoms with Crippen LogP contribution in [0, 0.1) is 11.8 Å². The fourth-order valence-corrected chi connectivity index (χ4v) is 3.52. The fourth-order valence-electron chi connectivity index (χ4n) is 3.05. The van der Waals surface area contributed by atoms with Crippen molar-refractivity contribution in [3.8, 4) is 0 Å². The van der Waals surface area contributed by atoms with E-state index in [1.54, 1.807) is 12.1 Å². The van der Waals surface area contributed by atoms with Crippen LogP contribution in [-0.2, 0) is 11.2 Å². The minimum absolute atomic E-state index is 0.0484. The molecule has 1 fully saturated rings. The third-order valence-electron chi connectivity index (χ3n) is 4.45. The van der Waals surface area contributed by atoms with Crippen molar-refractivity contribution in [3.63, 3.8) is 0 Å². The lowest BCUT2D eigenvalue weighted by atomic mass is 9.79. The fraction of sp³-hybridized carbons (Fsp3) is 0.588. The highest BCUT2D eigenvalue weighted by molar-refractivity contribution is 6.35. The minimum Gasteiger partial charge on any atom is -0.353 e. The highest BCUT2D eigenvalue weighted by Gasteiger charge is 2.24. The molecule has 1 aliphatic carbocycles. The summed E-state index contributed by atoms with van der Waals surface area (Å²) in [6.45, 7) is 4.57. The van der Waals surface area contributed by atoms with Crippen LogP contribution in [0.1, 0.15) is 45.1 Å². The molecule has 0 unspecified atom stereocenters. The number of hydrogen-bond donors (Lipinski definition) is 1. The standard InChI is InChI=1S/C17H23Cl2NO/c1-11(2)12-4-7-15(8-5-12)20-17(21)9-13-3-6-14(18)10-16(13)19/h3,6,10-12,15H,4-5,7-9H2,1-2H3,(H,20,21). The highest BCUT2D eigenvalue weighted by atomic mass is 35.5. The topological polar surface area (TPSA) is 29.1 Å². The quantitative estimate of drug-likeness (QED) is 0.840. The number of carbonyl (C=O) groups is 1. The van der Waals surface area contributed by atoms with E-state index < -0.39 is 0 Å². The normalized spacial score (nSPS) is 22.3. The third-order valence-corrected chi connectivity index (χ3v) is 5.03. The molecule has 116 valence electrons. The number of benzene rings is 1. The first-order valence-electron chi connectivity index (χ1n) is 7.69. The zero-order chi connectivity index (χ0) is 15.4. The molecular formula is C17H23Cl2NO. The SMILES string of the molecule is CC(C)C1CCC(NC(=O)Cc2ccc(Cl)cc2Cl)CC1. The Bertz CT molecular complexity index is 494. The number of rotatable bonds is 4. The second-order valence-electron chi connectivity index (χ2n) is 6.34. The summed E-state index contributed by atoms with van der Waals surface area (Å²) in [7, 11) is 0. The van der Waals surface area contributed by atoms with Gasteiger partial charge >= 0.3 is 0 Å². The van der Waals surface area contributed by atoms with Gasteiger partial charge in [0.25, 0.3) is 0 Å². The molecule has 1 aromatic rings. The Labute approximate surface area is 137 Å².